The molecule has 76 valence electrons. The zero-order valence-corrected chi connectivity index (χ0v) is 7.98. The maximum Gasteiger partial charge on any atom is 0.213 e. The van der Waals surface area contributed by atoms with Crippen LogP contribution >= 0.6 is 0 Å². The highest BCUT2D eigenvalue weighted by atomic mass is 16.3. The molecule has 1 rings (SSSR count). The minimum Gasteiger partial charge on any atom is -0.396 e. The normalized spacial score (nSPS) is 30.6. The van der Waals surface area contributed by atoms with E-state index in [-0.39, 0.29) is 6.61 Å². The predicted molar refractivity (Wildman–Crippen MR) is 51.7 cm³/mol. The van der Waals surface area contributed by atoms with Gasteiger partial charge in [-0.1, -0.05) is 6.92 Å². The van der Waals surface area contributed by atoms with Crippen molar-refractivity contribution in [2.75, 3.05) is 19.7 Å². The Kier molecular flexibility index (Phi) is 3.36. The van der Waals surface area contributed by atoms with Crippen LogP contribution in [0.2, 0.25) is 0 Å². The first-order chi connectivity index (χ1) is 6.17. The molecular weight excluding hydrogens is 168 g/mol. The predicted octanol–water partition coefficient (Wildman–Crippen LogP) is -0.875. The molecule has 5 N–H and O–H groups in total. The molecule has 1 aliphatic heterocycles. The highest BCUT2D eigenvalue weighted by Crippen LogP contribution is 2.20. The molecule has 5 heteroatoms. The summed E-state index contributed by atoms with van der Waals surface area (Å²) >= 11 is 0. The van der Waals surface area contributed by atoms with Crippen molar-refractivity contribution in [3.05, 3.63) is 0 Å². The summed E-state index contributed by atoms with van der Waals surface area (Å²) in [6.07, 6.45) is 1.05. The Bertz CT molecular complexity index is 195. The summed E-state index contributed by atoms with van der Waals surface area (Å²) in [5.74, 6) is 6.29. The summed E-state index contributed by atoms with van der Waals surface area (Å²) in [6.45, 7) is 3.98. The van der Waals surface area contributed by atoms with Crippen LogP contribution in [0.15, 0.2) is 5.10 Å². The molecule has 2 unspecified atom stereocenters. The summed E-state index contributed by atoms with van der Waals surface area (Å²) in [5, 5.41) is 12.5. The highest BCUT2D eigenvalue weighted by molar-refractivity contribution is 5.77. The number of nitrogens with two attached hydrogens (primary N) is 2. The first kappa shape index (κ1) is 10.1. The van der Waals surface area contributed by atoms with Crippen LogP contribution in [0.25, 0.3) is 0 Å². The molecule has 0 aromatic carbocycles. The summed E-state index contributed by atoms with van der Waals surface area (Å²) < 4.78 is 0. The van der Waals surface area contributed by atoms with Crippen LogP contribution in [0.3, 0.4) is 0 Å². The van der Waals surface area contributed by atoms with Crippen molar-refractivity contribution in [2.24, 2.45) is 28.5 Å². The smallest absolute Gasteiger partial charge is 0.213 e. The lowest BCUT2D eigenvalue weighted by molar-refractivity contribution is 0.130. The quantitative estimate of drug-likeness (QED) is 0.215. The summed E-state index contributed by atoms with van der Waals surface area (Å²) in [4.78, 5) is 1.93. The first-order valence-electron chi connectivity index (χ1n) is 4.56. The Morgan fingerprint density at radius 1 is 1.62 bits per heavy atom. The van der Waals surface area contributed by atoms with Crippen molar-refractivity contribution in [2.45, 2.75) is 13.3 Å². The van der Waals surface area contributed by atoms with E-state index in [2.05, 4.69) is 12.0 Å². The van der Waals surface area contributed by atoms with Crippen LogP contribution in [0.4, 0.5) is 0 Å². The van der Waals surface area contributed by atoms with Crippen molar-refractivity contribution >= 4 is 5.96 Å². The lowest BCUT2D eigenvalue weighted by atomic mass is 9.91. The van der Waals surface area contributed by atoms with E-state index in [1.165, 1.54) is 0 Å². The number of aliphatic hydroxyl groups is 1. The van der Waals surface area contributed by atoms with Crippen molar-refractivity contribution in [3.8, 4) is 0 Å². The minimum atomic E-state index is 0.207. The maximum absolute atomic E-state index is 9.04. The van der Waals surface area contributed by atoms with Gasteiger partial charge >= 0.3 is 0 Å². The largest absolute Gasteiger partial charge is 0.396 e. The molecule has 5 nitrogen and oxygen atoms in total. The van der Waals surface area contributed by atoms with Gasteiger partial charge in [0, 0.05) is 19.7 Å². The van der Waals surface area contributed by atoms with E-state index in [9.17, 15) is 0 Å². The van der Waals surface area contributed by atoms with Crippen LogP contribution in [0.1, 0.15) is 13.3 Å². The number of guanidine groups is 1. The number of rotatable bonds is 1. The number of hydrogen-bond donors (Lipinski definition) is 3. The van der Waals surface area contributed by atoms with Crippen LogP contribution in [-0.2, 0) is 0 Å². The molecule has 0 aliphatic carbocycles. The molecule has 1 saturated heterocycles. The summed E-state index contributed by atoms with van der Waals surface area (Å²) in [5.41, 5.74) is 5.60. The van der Waals surface area contributed by atoms with E-state index in [0.29, 0.717) is 17.8 Å². The van der Waals surface area contributed by atoms with Gasteiger partial charge in [-0.05, 0) is 18.3 Å². The van der Waals surface area contributed by atoms with E-state index in [4.69, 9.17) is 16.7 Å². The van der Waals surface area contributed by atoms with Crippen LogP contribution < -0.4 is 11.6 Å². The molecule has 0 radical (unpaired) electrons. The third-order valence-corrected chi connectivity index (χ3v) is 2.46. The second kappa shape index (κ2) is 4.32. The van der Waals surface area contributed by atoms with Gasteiger partial charge in [-0.15, -0.1) is 5.10 Å². The van der Waals surface area contributed by atoms with Gasteiger partial charge in [-0.2, -0.15) is 0 Å². The van der Waals surface area contributed by atoms with Crippen molar-refractivity contribution in [3.63, 3.8) is 0 Å². The molecule has 0 bridgehead atoms. The zero-order valence-electron chi connectivity index (χ0n) is 7.98. The van der Waals surface area contributed by atoms with Crippen molar-refractivity contribution in [1.29, 1.82) is 0 Å². The summed E-state index contributed by atoms with van der Waals surface area (Å²) in [6, 6.07) is 0. The molecule has 0 aromatic heterocycles. The van der Waals surface area contributed by atoms with Crippen LogP contribution in [0.5, 0.6) is 0 Å². The topological polar surface area (TPSA) is 87.9 Å². The molecule has 0 amide bonds. The molecule has 0 saturated carbocycles. The van der Waals surface area contributed by atoms with Gasteiger partial charge in [0.15, 0.2) is 0 Å². The Balaban J connectivity index is 2.56. The Hall–Kier alpha value is -0.970. The van der Waals surface area contributed by atoms with Gasteiger partial charge in [0.25, 0.3) is 0 Å². The molecule has 13 heavy (non-hydrogen) atoms. The average molecular weight is 186 g/mol. The fourth-order valence-corrected chi connectivity index (χ4v) is 1.88. The number of likely N-dealkylation sites (tertiary alicyclic amines) is 1. The van der Waals surface area contributed by atoms with Crippen LogP contribution in [-0.4, -0.2) is 35.7 Å². The Morgan fingerprint density at radius 3 is 2.85 bits per heavy atom. The number of nitrogens with zero attached hydrogens (tertiary/aromatic N) is 2. The number of aliphatic hydroxyl groups excluding tert-OH is 1. The fraction of sp³-hybridized carbons (Fsp3) is 0.875. The average Bonchev–Trinajstić information content (AvgIpc) is 2.15. The van der Waals surface area contributed by atoms with E-state index in [0.717, 1.165) is 19.5 Å². The lowest BCUT2D eigenvalue weighted by Gasteiger charge is -2.36. The second-order valence-corrected chi connectivity index (χ2v) is 3.78. The van der Waals surface area contributed by atoms with E-state index in [1.807, 2.05) is 4.90 Å². The van der Waals surface area contributed by atoms with Gasteiger partial charge in [-0.3, -0.25) is 0 Å². The molecule has 0 aromatic rings. The van der Waals surface area contributed by atoms with E-state index >= 15 is 0 Å². The number of hydrogen-bond acceptors (Lipinski definition) is 3. The monoisotopic (exact) mass is 186 g/mol. The van der Waals surface area contributed by atoms with Gasteiger partial charge in [0.1, 0.15) is 0 Å². The van der Waals surface area contributed by atoms with Gasteiger partial charge in [0.2, 0.25) is 5.96 Å². The van der Waals surface area contributed by atoms with Crippen molar-refractivity contribution < 1.29 is 5.11 Å². The standard InChI is InChI=1S/C8H18N4O/c1-6-2-7(5-13)4-12(3-6)8(9)11-10/h6-7,13H,2-5,10H2,1H3,(H2,9,11). The molecule has 0 spiro atoms. The van der Waals surface area contributed by atoms with Gasteiger partial charge in [0.05, 0.1) is 0 Å². The second-order valence-electron chi connectivity index (χ2n) is 3.78. The maximum atomic E-state index is 9.04. The van der Waals surface area contributed by atoms with Crippen molar-refractivity contribution in [1.82, 2.24) is 4.90 Å². The SMILES string of the molecule is CC1CC(CO)CN(/C(N)=N/N)C1. The zero-order chi connectivity index (χ0) is 9.84. The van der Waals surface area contributed by atoms with Crippen LogP contribution in [0, 0.1) is 11.8 Å². The van der Waals surface area contributed by atoms with Gasteiger partial charge < -0.3 is 21.6 Å². The van der Waals surface area contributed by atoms with E-state index < -0.39 is 0 Å². The Labute approximate surface area is 78.4 Å². The summed E-state index contributed by atoms with van der Waals surface area (Å²) in [7, 11) is 0. The van der Waals surface area contributed by atoms with E-state index in [1.54, 1.807) is 0 Å². The lowest BCUT2D eigenvalue weighted by Crippen LogP contribution is -2.47. The molecule has 1 heterocycles. The molecule has 1 fully saturated rings. The first-order valence-corrected chi connectivity index (χ1v) is 4.56. The molecule has 2 atom stereocenters. The third kappa shape index (κ3) is 2.48. The number of piperidine rings is 1. The fourth-order valence-electron chi connectivity index (χ4n) is 1.88. The Morgan fingerprint density at radius 2 is 2.31 bits per heavy atom. The molecular formula is C8H18N4O. The minimum absolute atomic E-state index is 0.207. The number of hydrazone groups is 1. The van der Waals surface area contributed by atoms with Gasteiger partial charge in [-0.25, -0.2) is 0 Å². The third-order valence-electron chi connectivity index (χ3n) is 2.46. The highest BCUT2D eigenvalue weighted by Gasteiger charge is 2.25. The molecule has 1 aliphatic rings.